The molecule has 0 heterocycles. The Hall–Kier alpha value is -2.13. The van der Waals surface area contributed by atoms with Crippen molar-refractivity contribution in [3.8, 4) is 5.40 Å². The Bertz CT molecular complexity index is 684. The molecule has 5 N–H and O–H groups in total. The van der Waals surface area contributed by atoms with Gasteiger partial charge in [0.15, 0.2) is 0 Å². The Morgan fingerprint density at radius 2 is 1.79 bits per heavy atom. The second kappa shape index (κ2) is 12.3. The maximum Gasteiger partial charge on any atom is 0.320 e. The molecule has 134 valence electrons. The van der Waals surface area contributed by atoms with Gasteiger partial charge in [0.25, 0.3) is 10.1 Å². The molecule has 24 heavy (non-hydrogen) atoms. The molecule has 0 aliphatic heterocycles. The zero-order chi connectivity index (χ0) is 19.3. The van der Waals surface area contributed by atoms with Crippen LogP contribution < -0.4 is 5.73 Å². The molecule has 1 atom stereocenters. The van der Waals surface area contributed by atoms with Crippen LogP contribution in [0.2, 0.25) is 0 Å². The Balaban J connectivity index is 0. The molecular weight excluding hydrogens is 360 g/mol. The van der Waals surface area contributed by atoms with Crippen LogP contribution in [0.4, 0.5) is 0 Å². The number of nitrogens with zero attached hydrogens (tertiary/aromatic N) is 1. The summed E-state index contributed by atoms with van der Waals surface area (Å²) in [5.74, 6) is -2.20. The smallest absolute Gasteiger partial charge is 0.320 e. The van der Waals surface area contributed by atoms with Crippen LogP contribution in [-0.4, -0.2) is 41.2 Å². The van der Waals surface area contributed by atoms with Crippen LogP contribution in [0.3, 0.4) is 0 Å². The molecule has 0 saturated heterocycles. The van der Waals surface area contributed by atoms with Gasteiger partial charge in [0, 0.05) is 6.42 Å². The minimum atomic E-state index is -4.03. The Morgan fingerprint density at radius 3 is 2.08 bits per heavy atom. The Labute approximate surface area is 144 Å². The SMILES string of the molecule is Cc1ccccc1S(=O)(=O)O.N#CS.NC(CCC(=O)O)C(=O)O. The van der Waals surface area contributed by atoms with E-state index in [9.17, 15) is 18.0 Å². The van der Waals surface area contributed by atoms with Crippen molar-refractivity contribution < 1.29 is 32.8 Å². The van der Waals surface area contributed by atoms with Crippen molar-refractivity contribution in [2.75, 3.05) is 0 Å². The lowest BCUT2D eigenvalue weighted by Gasteiger charge is -2.01. The fourth-order valence-electron chi connectivity index (χ4n) is 1.25. The van der Waals surface area contributed by atoms with Gasteiger partial charge in [0.2, 0.25) is 0 Å². The molecular formula is C13H18N2O7S2. The van der Waals surface area contributed by atoms with E-state index in [1.54, 1.807) is 25.1 Å². The minimum Gasteiger partial charge on any atom is -0.481 e. The molecule has 1 rings (SSSR count). The summed E-state index contributed by atoms with van der Waals surface area (Å²) < 4.78 is 29.9. The first-order valence-electron chi connectivity index (χ1n) is 6.23. The summed E-state index contributed by atoms with van der Waals surface area (Å²) in [4.78, 5) is 19.8. The first-order chi connectivity index (χ1) is 11.0. The van der Waals surface area contributed by atoms with Gasteiger partial charge in [-0.1, -0.05) is 30.8 Å². The number of nitrogens with two attached hydrogens (primary N) is 1. The normalized spacial score (nSPS) is 10.8. The summed E-state index contributed by atoms with van der Waals surface area (Å²) >= 11 is 3.09. The Morgan fingerprint density at radius 1 is 1.33 bits per heavy atom. The van der Waals surface area contributed by atoms with E-state index in [1.807, 2.05) is 0 Å². The van der Waals surface area contributed by atoms with Crippen LogP contribution in [0.15, 0.2) is 29.2 Å². The highest BCUT2D eigenvalue weighted by Gasteiger charge is 2.12. The third-order valence-corrected chi connectivity index (χ3v) is 3.37. The highest BCUT2D eigenvalue weighted by molar-refractivity contribution is 7.86. The van der Waals surface area contributed by atoms with Gasteiger partial charge in [0.1, 0.15) is 11.4 Å². The van der Waals surface area contributed by atoms with Gasteiger partial charge in [-0.15, -0.1) is 0 Å². The van der Waals surface area contributed by atoms with Gasteiger partial charge in [0.05, 0.1) is 4.90 Å². The molecule has 1 aromatic rings. The lowest BCUT2D eigenvalue weighted by atomic mass is 10.2. The van der Waals surface area contributed by atoms with E-state index in [0.717, 1.165) is 0 Å². The fourth-order valence-corrected chi connectivity index (χ4v) is 1.97. The number of rotatable bonds is 5. The molecule has 0 saturated carbocycles. The van der Waals surface area contributed by atoms with E-state index in [4.69, 9.17) is 25.8 Å². The van der Waals surface area contributed by atoms with Gasteiger partial charge in [-0.2, -0.15) is 13.7 Å². The van der Waals surface area contributed by atoms with Crippen LogP contribution in [-0.2, 0) is 19.7 Å². The number of thiol groups is 1. The largest absolute Gasteiger partial charge is 0.481 e. The van der Waals surface area contributed by atoms with Crippen molar-refractivity contribution >= 4 is 34.7 Å². The zero-order valence-corrected chi connectivity index (χ0v) is 14.4. The third-order valence-electron chi connectivity index (χ3n) is 2.36. The maximum absolute atomic E-state index is 10.6. The van der Waals surface area contributed by atoms with E-state index in [1.165, 1.54) is 11.5 Å². The molecule has 0 aliphatic carbocycles. The number of carbonyl (C=O) groups is 2. The van der Waals surface area contributed by atoms with E-state index >= 15 is 0 Å². The van der Waals surface area contributed by atoms with Crippen molar-refractivity contribution in [1.29, 1.82) is 5.26 Å². The monoisotopic (exact) mass is 378 g/mol. The van der Waals surface area contributed by atoms with Crippen LogP contribution in [0.1, 0.15) is 18.4 Å². The van der Waals surface area contributed by atoms with Gasteiger partial charge in [-0.25, -0.2) is 0 Å². The van der Waals surface area contributed by atoms with Gasteiger partial charge in [-0.3, -0.25) is 14.1 Å². The van der Waals surface area contributed by atoms with Crippen molar-refractivity contribution in [3.05, 3.63) is 29.8 Å². The highest BCUT2D eigenvalue weighted by Crippen LogP contribution is 2.12. The molecule has 11 heteroatoms. The van der Waals surface area contributed by atoms with Crippen LogP contribution in [0.5, 0.6) is 0 Å². The molecule has 0 aromatic heterocycles. The fraction of sp³-hybridized carbons (Fsp3) is 0.308. The average Bonchev–Trinajstić information content (AvgIpc) is 2.45. The van der Waals surface area contributed by atoms with E-state index in [-0.39, 0.29) is 17.7 Å². The second-order valence-corrected chi connectivity index (χ2v) is 5.81. The maximum atomic E-state index is 10.6. The molecule has 0 amide bonds. The van der Waals surface area contributed by atoms with Crippen molar-refractivity contribution in [2.45, 2.75) is 30.7 Å². The molecule has 0 aliphatic rings. The van der Waals surface area contributed by atoms with Gasteiger partial charge in [-0.05, 0) is 25.0 Å². The van der Waals surface area contributed by atoms with Crippen LogP contribution in [0, 0.1) is 17.6 Å². The topological polar surface area (TPSA) is 179 Å². The number of benzene rings is 1. The predicted molar refractivity (Wildman–Crippen MR) is 88.1 cm³/mol. The number of carboxylic acid groups (broad SMARTS) is 2. The number of hydrogen-bond donors (Lipinski definition) is 5. The molecule has 0 fully saturated rings. The number of aliphatic carboxylic acids is 2. The highest BCUT2D eigenvalue weighted by atomic mass is 32.2. The summed E-state index contributed by atoms with van der Waals surface area (Å²) in [5.41, 5.74) is 5.55. The van der Waals surface area contributed by atoms with E-state index < -0.39 is 28.1 Å². The molecule has 0 spiro atoms. The zero-order valence-electron chi connectivity index (χ0n) is 12.7. The Kier molecular flexibility index (Phi) is 12.4. The van der Waals surface area contributed by atoms with Crippen LogP contribution >= 0.6 is 12.6 Å². The number of aryl methyl sites for hydroxylation is 1. The third kappa shape index (κ3) is 12.4. The second-order valence-electron chi connectivity index (χ2n) is 4.22. The quantitative estimate of drug-likeness (QED) is 0.283. The van der Waals surface area contributed by atoms with Crippen molar-refractivity contribution in [1.82, 2.24) is 0 Å². The first kappa shape index (κ1) is 24.1. The average molecular weight is 378 g/mol. The van der Waals surface area contributed by atoms with Crippen molar-refractivity contribution in [3.63, 3.8) is 0 Å². The summed E-state index contributed by atoms with van der Waals surface area (Å²) in [6.45, 7) is 1.63. The number of thiocyanates is 1. The lowest BCUT2D eigenvalue weighted by Crippen LogP contribution is -2.30. The van der Waals surface area contributed by atoms with Gasteiger partial charge < -0.3 is 15.9 Å². The lowest BCUT2D eigenvalue weighted by molar-refractivity contribution is -0.139. The standard InChI is InChI=1S/C7H8O3S.C5H9NO4.CHNS/c1-6-4-2-3-5-7(6)11(8,9)10;6-3(5(9)10)1-2-4(7)8;2-1-3/h2-5H,1H3,(H,8,9,10);3H,1-2,6H2,(H,7,8)(H,9,10);3H. The molecule has 1 aromatic carbocycles. The summed E-state index contributed by atoms with van der Waals surface area (Å²) in [6, 6.07) is 5.21. The van der Waals surface area contributed by atoms with Crippen molar-refractivity contribution in [2.24, 2.45) is 5.73 Å². The number of hydrogen-bond acceptors (Lipinski definition) is 7. The number of carboxylic acids is 2. The number of nitriles is 1. The molecule has 0 radical (unpaired) electrons. The van der Waals surface area contributed by atoms with Gasteiger partial charge >= 0.3 is 11.9 Å². The predicted octanol–water partition coefficient (Wildman–Crippen LogP) is 0.902. The molecule has 1 unspecified atom stereocenters. The minimum absolute atomic E-state index is 0.0231. The molecule has 9 nitrogen and oxygen atoms in total. The molecule has 0 bridgehead atoms. The summed E-state index contributed by atoms with van der Waals surface area (Å²) in [5, 5.41) is 24.9. The first-order valence-corrected chi connectivity index (χ1v) is 8.12. The summed E-state index contributed by atoms with van der Waals surface area (Å²) in [6.07, 6.45) is -0.224. The van der Waals surface area contributed by atoms with E-state index in [0.29, 0.717) is 5.56 Å². The van der Waals surface area contributed by atoms with E-state index in [2.05, 4.69) is 12.6 Å². The van der Waals surface area contributed by atoms with Crippen LogP contribution in [0.25, 0.3) is 0 Å². The summed E-state index contributed by atoms with van der Waals surface area (Å²) in [7, 11) is -4.03.